The third kappa shape index (κ3) is 4.90. The molecule has 0 spiro atoms. The van der Waals surface area contributed by atoms with Crippen molar-refractivity contribution < 1.29 is 13.9 Å². The lowest BCUT2D eigenvalue weighted by Gasteiger charge is -2.13. The van der Waals surface area contributed by atoms with E-state index in [0.717, 1.165) is 21.6 Å². The van der Waals surface area contributed by atoms with Crippen LogP contribution in [0.3, 0.4) is 0 Å². The highest BCUT2D eigenvalue weighted by Gasteiger charge is 2.12. The van der Waals surface area contributed by atoms with Gasteiger partial charge in [0.1, 0.15) is 0 Å². The number of aromatic nitrogens is 2. The minimum atomic E-state index is -0.188. The molecular weight excluding hydrogens is 358 g/mol. The first-order valence-electron chi connectivity index (χ1n) is 6.42. The summed E-state index contributed by atoms with van der Waals surface area (Å²) in [7, 11) is 3.35. The molecule has 2 heterocycles. The van der Waals surface area contributed by atoms with Crippen LogP contribution in [0.1, 0.15) is 18.7 Å². The Labute approximate surface area is 135 Å². The van der Waals surface area contributed by atoms with Crippen molar-refractivity contribution in [1.82, 2.24) is 15.1 Å². The van der Waals surface area contributed by atoms with Crippen LogP contribution < -0.4 is 0 Å². The van der Waals surface area contributed by atoms with Gasteiger partial charge in [-0.05, 0) is 48.1 Å². The number of nitrogens with zero attached hydrogens (tertiary/aromatic N) is 3. The Kier molecular flexibility index (Phi) is 5.89. The lowest BCUT2D eigenvalue weighted by atomic mass is 10.3. The zero-order valence-electron chi connectivity index (χ0n) is 11.8. The van der Waals surface area contributed by atoms with Gasteiger partial charge in [-0.3, -0.25) is 9.69 Å². The van der Waals surface area contributed by atoms with Crippen LogP contribution >= 0.6 is 27.3 Å². The second kappa shape index (κ2) is 7.67. The Balaban J connectivity index is 1.83. The number of methoxy groups -OCH3 is 1. The molecule has 0 aliphatic heterocycles. The highest BCUT2D eigenvalue weighted by atomic mass is 79.9. The summed E-state index contributed by atoms with van der Waals surface area (Å²) in [4.78, 5) is 14.0. The van der Waals surface area contributed by atoms with Crippen LogP contribution in [0.5, 0.6) is 0 Å². The third-order valence-corrected chi connectivity index (χ3v) is 4.42. The standard InChI is InChI=1S/C13H16BrN3O3S/c1-17(7-3-4-12(18)19-2)8-11-15-16-13(20-11)9-5-6-10(14)21-9/h5-6H,3-4,7-8H2,1-2H3. The summed E-state index contributed by atoms with van der Waals surface area (Å²) >= 11 is 4.95. The van der Waals surface area contributed by atoms with E-state index >= 15 is 0 Å². The van der Waals surface area contributed by atoms with Gasteiger partial charge < -0.3 is 9.15 Å². The molecule has 0 fully saturated rings. The number of carbonyl (C=O) groups is 1. The molecule has 8 heteroatoms. The molecular formula is C13H16BrN3O3S. The van der Waals surface area contributed by atoms with Crippen molar-refractivity contribution in [1.29, 1.82) is 0 Å². The SMILES string of the molecule is COC(=O)CCCN(C)Cc1nnc(-c2ccc(Br)s2)o1. The van der Waals surface area contributed by atoms with Crippen LogP contribution in [0, 0.1) is 0 Å². The maximum atomic E-state index is 11.0. The van der Waals surface area contributed by atoms with E-state index in [-0.39, 0.29) is 5.97 Å². The summed E-state index contributed by atoms with van der Waals surface area (Å²) < 4.78 is 11.3. The summed E-state index contributed by atoms with van der Waals surface area (Å²) in [5.74, 6) is 0.908. The first-order chi connectivity index (χ1) is 10.1. The molecule has 0 amide bonds. The maximum absolute atomic E-state index is 11.0. The Morgan fingerprint density at radius 1 is 1.48 bits per heavy atom. The molecule has 6 nitrogen and oxygen atoms in total. The van der Waals surface area contributed by atoms with Crippen molar-refractivity contribution >= 4 is 33.2 Å². The van der Waals surface area contributed by atoms with Crippen molar-refractivity contribution in [2.45, 2.75) is 19.4 Å². The van der Waals surface area contributed by atoms with E-state index in [4.69, 9.17) is 4.42 Å². The fraction of sp³-hybridized carbons (Fsp3) is 0.462. The van der Waals surface area contributed by atoms with Crippen LogP contribution in [0.25, 0.3) is 10.8 Å². The number of esters is 1. The predicted octanol–water partition coefficient (Wildman–Crippen LogP) is 2.95. The Bertz CT molecular complexity index is 599. The van der Waals surface area contributed by atoms with Gasteiger partial charge in [0.2, 0.25) is 5.89 Å². The van der Waals surface area contributed by atoms with Gasteiger partial charge in [-0.1, -0.05) is 0 Å². The fourth-order valence-electron chi connectivity index (χ4n) is 1.75. The van der Waals surface area contributed by atoms with Crippen molar-refractivity contribution in [3.8, 4) is 10.8 Å². The fourth-order valence-corrected chi connectivity index (χ4v) is 3.06. The quantitative estimate of drug-likeness (QED) is 0.695. The lowest BCUT2D eigenvalue weighted by Crippen LogP contribution is -2.20. The largest absolute Gasteiger partial charge is 0.469 e. The molecule has 2 rings (SSSR count). The van der Waals surface area contributed by atoms with Crippen molar-refractivity contribution in [3.63, 3.8) is 0 Å². The number of halogens is 1. The van der Waals surface area contributed by atoms with Gasteiger partial charge in [-0.2, -0.15) is 0 Å². The number of rotatable bonds is 7. The number of hydrogen-bond acceptors (Lipinski definition) is 7. The molecule has 0 aliphatic carbocycles. The molecule has 0 bridgehead atoms. The highest BCUT2D eigenvalue weighted by Crippen LogP contribution is 2.30. The second-order valence-corrected chi connectivity index (χ2v) is 6.99. The number of ether oxygens (including phenoxy) is 1. The number of thiophene rings is 1. The average Bonchev–Trinajstić information content (AvgIpc) is 3.07. The third-order valence-electron chi connectivity index (χ3n) is 2.80. The summed E-state index contributed by atoms with van der Waals surface area (Å²) in [5, 5.41) is 8.09. The smallest absolute Gasteiger partial charge is 0.305 e. The van der Waals surface area contributed by atoms with E-state index in [9.17, 15) is 4.79 Å². The van der Waals surface area contributed by atoms with Crippen LogP contribution in [0.4, 0.5) is 0 Å². The maximum Gasteiger partial charge on any atom is 0.305 e. The number of hydrogen-bond donors (Lipinski definition) is 0. The molecule has 0 saturated heterocycles. The van der Waals surface area contributed by atoms with Crippen molar-refractivity contribution in [2.24, 2.45) is 0 Å². The normalized spacial score (nSPS) is 11.0. The van der Waals surface area contributed by atoms with Gasteiger partial charge in [-0.25, -0.2) is 0 Å². The van der Waals surface area contributed by atoms with Crippen molar-refractivity contribution in [3.05, 3.63) is 21.8 Å². The number of carbonyl (C=O) groups excluding carboxylic acids is 1. The first-order valence-corrected chi connectivity index (χ1v) is 8.03. The molecule has 0 aromatic carbocycles. The van der Waals surface area contributed by atoms with Crippen LogP contribution in [0.15, 0.2) is 20.3 Å². The minimum absolute atomic E-state index is 0.188. The Hall–Kier alpha value is -1.25. The monoisotopic (exact) mass is 373 g/mol. The van der Waals surface area contributed by atoms with Gasteiger partial charge in [0.25, 0.3) is 5.89 Å². The topological polar surface area (TPSA) is 68.5 Å². The van der Waals surface area contributed by atoms with E-state index in [2.05, 4.69) is 30.9 Å². The Morgan fingerprint density at radius 3 is 2.95 bits per heavy atom. The van der Waals surface area contributed by atoms with Gasteiger partial charge >= 0.3 is 5.97 Å². The van der Waals surface area contributed by atoms with Crippen LogP contribution in [0.2, 0.25) is 0 Å². The van der Waals surface area contributed by atoms with Gasteiger partial charge in [0, 0.05) is 6.42 Å². The van der Waals surface area contributed by atoms with Crippen molar-refractivity contribution in [2.75, 3.05) is 20.7 Å². The Morgan fingerprint density at radius 2 is 2.29 bits per heavy atom. The van der Waals surface area contributed by atoms with E-state index in [0.29, 0.717) is 24.7 Å². The molecule has 0 radical (unpaired) electrons. The molecule has 21 heavy (non-hydrogen) atoms. The molecule has 2 aromatic heterocycles. The summed E-state index contributed by atoms with van der Waals surface area (Å²) in [5.41, 5.74) is 0. The first kappa shape index (κ1) is 16.1. The highest BCUT2D eigenvalue weighted by molar-refractivity contribution is 9.11. The van der Waals surface area contributed by atoms with Crippen LogP contribution in [-0.2, 0) is 16.1 Å². The summed E-state index contributed by atoms with van der Waals surface area (Å²) in [6.07, 6.45) is 1.15. The van der Waals surface area contributed by atoms with Crippen LogP contribution in [-0.4, -0.2) is 41.8 Å². The lowest BCUT2D eigenvalue weighted by molar-refractivity contribution is -0.140. The molecule has 0 saturated carbocycles. The minimum Gasteiger partial charge on any atom is -0.469 e. The summed E-state index contributed by atoms with van der Waals surface area (Å²) in [6.45, 7) is 1.32. The molecule has 0 atom stereocenters. The molecule has 0 unspecified atom stereocenters. The molecule has 0 aliphatic rings. The summed E-state index contributed by atoms with van der Waals surface area (Å²) in [6, 6.07) is 3.88. The molecule has 2 aromatic rings. The second-order valence-electron chi connectivity index (χ2n) is 4.52. The zero-order chi connectivity index (χ0) is 15.2. The van der Waals surface area contributed by atoms with E-state index in [1.807, 2.05) is 24.1 Å². The van der Waals surface area contributed by atoms with Gasteiger partial charge in [0.15, 0.2) is 0 Å². The molecule has 114 valence electrons. The van der Waals surface area contributed by atoms with Gasteiger partial charge in [-0.15, -0.1) is 21.5 Å². The predicted molar refractivity (Wildman–Crippen MR) is 82.9 cm³/mol. The zero-order valence-corrected chi connectivity index (χ0v) is 14.2. The molecule has 0 N–H and O–H groups in total. The van der Waals surface area contributed by atoms with E-state index in [1.54, 1.807) is 11.3 Å². The average molecular weight is 374 g/mol. The van der Waals surface area contributed by atoms with Gasteiger partial charge in [0.05, 0.1) is 22.3 Å². The van der Waals surface area contributed by atoms with E-state index in [1.165, 1.54) is 7.11 Å². The van der Waals surface area contributed by atoms with E-state index < -0.39 is 0 Å².